The topological polar surface area (TPSA) is 90.2 Å². The SMILES string of the molecule is CCCC(c1ccc(C(=O)NCCC(=O)O)cc1)C(c1ccc(Cl)cc1)c1ccc2c(C#N)c(C)ccc2c1. The third-order valence-electron chi connectivity index (χ3n) is 7.18. The highest BCUT2D eigenvalue weighted by Gasteiger charge is 2.27. The lowest BCUT2D eigenvalue weighted by Gasteiger charge is -2.29. The first-order valence-corrected chi connectivity index (χ1v) is 13.5. The van der Waals surface area contributed by atoms with E-state index in [-0.39, 0.29) is 30.7 Å². The first-order valence-electron chi connectivity index (χ1n) is 13.1. The second kappa shape index (κ2) is 12.6. The zero-order valence-electron chi connectivity index (χ0n) is 22.1. The Bertz CT molecular complexity index is 1520. The number of fused-ring (bicyclic) bond motifs is 1. The minimum absolute atomic E-state index is 0.0219. The van der Waals surface area contributed by atoms with Crippen LogP contribution in [0.4, 0.5) is 0 Å². The van der Waals surface area contributed by atoms with Gasteiger partial charge in [0.25, 0.3) is 5.91 Å². The third-order valence-corrected chi connectivity index (χ3v) is 7.43. The van der Waals surface area contributed by atoms with Crippen molar-refractivity contribution in [3.63, 3.8) is 0 Å². The van der Waals surface area contributed by atoms with Gasteiger partial charge in [-0.3, -0.25) is 9.59 Å². The van der Waals surface area contributed by atoms with Crippen molar-refractivity contribution >= 4 is 34.2 Å². The van der Waals surface area contributed by atoms with Crippen molar-refractivity contribution in [3.8, 4) is 6.07 Å². The van der Waals surface area contributed by atoms with Crippen LogP contribution < -0.4 is 5.32 Å². The van der Waals surface area contributed by atoms with Crippen molar-refractivity contribution in [2.75, 3.05) is 6.54 Å². The van der Waals surface area contributed by atoms with Crippen LogP contribution in [0.15, 0.2) is 78.9 Å². The lowest BCUT2D eigenvalue weighted by Crippen LogP contribution is -2.26. The van der Waals surface area contributed by atoms with Gasteiger partial charge < -0.3 is 10.4 Å². The fourth-order valence-electron chi connectivity index (χ4n) is 5.23. The van der Waals surface area contributed by atoms with E-state index < -0.39 is 5.97 Å². The number of carboxylic acids is 1. The number of nitrogens with one attached hydrogen (secondary N) is 1. The molecule has 198 valence electrons. The normalized spacial score (nSPS) is 12.5. The molecular weight excluding hydrogens is 508 g/mol. The van der Waals surface area contributed by atoms with Gasteiger partial charge in [-0.05, 0) is 76.6 Å². The van der Waals surface area contributed by atoms with Crippen LogP contribution in [0.3, 0.4) is 0 Å². The molecule has 0 aromatic heterocycles. The molecular formula is C33H31ClN2O3. The molecule has 39 heavy (non-hydrogen) atoms. The van der Waals surface area contributed by atoms with Gasteiger partial charge in [-0.25, -0.2) is 0 Å². The van der Waals surface area contributed by atoms with Gasteiger partial charge in [0.1, 0.15) is 6.07 Å². The van der Waals surface area contributed by atoms with E-state index >= 15 is 0 Å². The Labute approximate surface area is 234 Å². The molecule has 4 aromatic rings. The molecule has 4 aromatic carbocycles. The number of hydrogen-bond donors (Lipinski definition) is 2. The predicted octanol–water partition coefficient (Wildman–Crippen LogP) is 7.59. The first kappa shape index (κ1) is 27.9. The molecule has 6 heteroatoms. The van der Waals surface area contributed by atoms with Gasteiger partial charge in [0.2, 0.25) is 0 Å². The Morgan fingerprint density at radius 1 is 0.949 bits per heavy atom. The summed E-state index contributed by atoms with van der Waals surface area (Å²) in [6.07, 6.45) is 1.77. The average molecular weight is 539 g/mol. The Balaban J connectivity index is 1.75. The molecule has 2 unspecified atom stereocenters. The number of carbonyl (C=O) groups is 2. The molecule has 0 bridgehead atoms. The maximum absolute atomic E-state index is 12.5. The first-order chi connectivity index (χ1) is 18.8. The molecule has 4 rings (SSSR count). The second-order valence-electron chi connectivity index (χ2n) is 9.80. The van der Waals surface area contributed by atoms with Crippen molar-refractivity contribution < 1.29 is 14.7 Å². The van der Waals surface area contributed by atoms with Crippen LogP contribution in [-0.4, -0.2) is 23.5 Å². The van der Waals surface area contributed by atoms with Crippen LogP contribution in [0.25, 0.3) is 10.8 Å². The van der Waals surface area contributed by atoms with Gasteiger partial charge in [0.15, 0.2) is 0 Å². The molecule has 0 aliphatic rings. The maximum Gasteiger partial charge on any atom is 0.305 e. The monoisotopic (exact) mass is 538 g/mol. The highest BCUT2D eigenvalue weighted by molar-refractivity contribution is 6.30. The molecule has 2 N–H and O–H groups in total. The van der Waals surface area contributed by atoms with E-state index in [4.69, 9.17) is 16.7 Å². The summed E-state index contributed by atoms with van der Waals surface area (Å²) >= 11 is 6.25. The summed E-state index contributed by atoms with van der Waals surface area (Å²) in [5, 5.41) is 23.9. The van der Waals surface area contributed by atoms with Gasteiger partial charge >= 0.3 is 5.97 Å². The number of aliphatic carboxylic acids is 1. The van der Waals surface area contributed by atoms with E-state index in [1.807, 2.05) is 43.3 Å². The molecule has 0 saturated carbocycles. The largest absolute Gasteiger partial charge is 0.481 e. The third kappa shape index (κ3) is 6.47. The number of hydrogen-bond acceptors (Lipinski definition) is 3. The average Bonchev–Trinajstić information content (AvgIpc) is 2.93. The Morgan fingerprint density at radius 3 is 2.26 bits per heavy atom. The van der Waals surface area contributed by atoms with Crippen molar-refractivity contribution in [1.29, 1.82) is 5.26 Å². The smallest absolute Gasteiger partial charge is 0.305 e. The number of halogens is 1. The van der Waals surface area contributed by atoms with Gasteiger partial charge in [-0.15, -0.1) is 0 Å². The van der Waals surface area contributed by atoms with Crippen molar-refractivity contribution in [3.05, 3.63) is 117 Å². The molecule has 5 nitrogen and oxygen atoms in total. The quantitative estimate of drug-likeness (QED) is 0.217. The highest BCUT2D eigenvalue weighted by Crippen LogP contribution is 2.42. The number of rotatable bonds is 10. The van der Waals surface area contributed by atoms with Gasteiger partial charge in [0, 0.05) is 23.0 Å². The zero-order chi connectivity index (χ0) is 27.9. The molecule has 1 amide bonds. The highest BCUT2D eigenvalue weighted by atomic mass is 35.5. The van der Waals surface area contributed by atoms with E-state index in [2.05, 4.69) is 48.6 Å². The number of amides is 1. The van der Waals surface area contributed by atoms with E-state index in [0.29, 0.717) is 16.1 Å². The van der Waals surface area contributed by atoms with Crippen molar-refractivity contribution in [2.45, 2.75) is 44.9 Å². The van der Waals surface area contributed by atoms with E-state index in [1.54, 1.807) is 12.1 Å². The van der Waals surface area contributed by atoms with Gasteiger partial charge in [0.05, 0.1) is 12.0 Å². The van der Waals surface area contributed by atoms with Crippen LogP contribution in [-0.2, 0) is 4.79 Å². The zero-order valence-corrected chi connectivity index (χ0v) is 22.8. The minimum atomic E-state index is -0.950. The summed E-state index contributed by atoms with van der Waals surface area (Å²) in [6.45, 7) is 4.20. The lowest BCUT2D eigenvalue weighted by molar-refractivity contribution is -0.136. The van der Waals surface area contributed by atoms with E-state index in [1.165, 1.54) is 0 Å². The summed E-state index contributed by atoms with van der Waals surface area (Å²) < 4.78 is 0. The van der Waals surface area contributed by atoms with E-state index in [0.717, 1.165) is 45.9 Å². The molecule has 0 aliphatic carbocycles. The summed E-state index contributed by atoms with van der Waals surface area (Å²) in [6, 6.07) is 28.3. The Hall–Kier alpha value is -4.14. The molecule has 0 spiro atoms. The van der Waals surface area contributed by atoms with E-state index in [9.17, 15) is 14.9 Å². The summed E-state index contributed by atoms with van der Waals surface area (Å²) in [5.74, 6) is -1.09. The molecule has 0 radical (unpaired) electrons. The number of carboxylic acid groups (broad SMARTS) is 1. The van der Waals surface area contributed by atoms with Crippen LogP contribution in [0.5, 0.6) is 0 Å². The van der Waals surface area contributed by atoms with Crippen LogP contribution >= 0.6 is 11.6 Å². The maximum atomic E-state index is 12.5. The second-order valence-corrected chi connectivity index (χ2v) is 10.2. The number of aryl methyl sites for hydroxylation is 1. The lowest BCUT2D eigenvalue weighted by atomic mass is 9.74. The molecule has 0 saturated heterocycles. The standard InChI is InChI=1S/C33H31ClN2O3/c1-3-4-29(22-7-9-24(10-8-22)33(39)36-18-17-31(37)38)32(23-11-14-27(34)15-12-23)26-13-16-28-25(19-26)6-5-21(2)30(28)20-35/h5-16,19,29,32H,3-4,17-18H2,1-2H3,(H,36,39)(H,37,38). The van der Waals surface area contributed by atoms with Gasteiger partial charge in [-0.1, -0.05) is 79.5 Å². The van der Waals surface area contributed by atoms with Crippen molar-refractivity contribution in [2.24, 2.45) is 0 Å². The Morgan fingerprint density at radius 2 is 1.62 bits per heavy atom. The molecule has 2 atom stereocenters. The number of benzene rings is 4. The minimum Gasteiger partial charge on any atom is -0.481 e. The van der Waals surface area contributed by atoms with Crippen molar-refractivity contribution in [1.82, 2.24) is 5.32 Å². The van der Waals surface area contributed by atoms with Crippen LogP contribution in [0.1, 0.15) is 76.2 Å². The van der Waals surface area contributed by atoms with Crippen LogP contribution in [0.2, 0.25) is 5.02 Å². The number of carbonyl (C=O) groups excluding carboxylic acids is 1. The predicted molar refractivity (Wildman–Crippen MR) is 155 cm³/mol. The summed E-state index contributed by atoms with van der Waals surface area (Å²) in [5.41, 5.74) is 5.55. The van der Waals surface area contributed by atoms with Gasteiger partial charge in [-0.2, -0.15) is 5.26 Å². The summed E-state index contributed by atoms with van der Waals surface area (Å²) in [7, 11) is 0. The molecule has 0 aliphatic heterocycles. The Kier molecular flexibility index (Phi) is 9.01. The molecule has 0 fully saturated rings. The molecule has 0 heterocycles. The number of nitriles is 1. The summed E-state index contributed by atoms with van der Waals surface area (Å²) in [4.78, 5) is 23.3. The number of nitrogens with zero attached hydrogens (tertiary/aromatic N) is 1. The fraction of sp³-hybridized carbons (Fsp3) is 0.242. The fourth-order valence-corrected chi connectivity index (χ4v) is 5.36. The van der Waals surface area contributed by atoms with Crippen LogP contribution in [0, 0.1) is 18.3 Å².